The summed E-state index contributed by atoms with van der Waals surface area (Å²) in [7, 11) is 0. The number of aliphatic hydroxyl groups is 2. The maximum Gasteiger partial charge on any atom is 0.0633 e. The zero-order chi connectivity index (χ0) is 13.7. The highest BCUT2D eigenvalue weighted by Crippen LogP contribution is 2.14. The van der Waals surface area contributed by atoms with Crippen molar-refractivity contribution >= 4 is 12.4 Å². The van der Waals surface area contributed by atoms with Crippen molar-refractivity contribution in [2.75, 3.05) is 13.2 Å². The minimum atomic E-state index is -0.764. The Hall–Kier alpha value is 0.170. The van der Waals surface area contributed by atoms with E-state index in [0.29, 0.717) is 0 Å². The monoisotopic (exact) mass is 295 g/mol. The van der Waals surface area contributed by atoms with Gasteiger partial charge in [0.25, 0.3) is 0 Å². The van der Waals surface area contributed by atoms with E-state index in [-0.39, 0.29) is 25.6 Å². The molecule has 0 atom stereocenters. The quantitative estimate of drug-likeness (QED) is 0.456. The molecule has 0 rings (SSSR count). The minimum absolute atomic E-state index is 0. The second-order valence-corrected chi connectivity index (χ2v) is 5.61. The Kier molecular flexibility index (Phi) is 16.5. The van der Waals surface area contributed by atoms with Gasteiger partial charge in [0.15, 0.2) is 0 Å². The molecule has 0 aromatic heterocycles. The molecule has 0 aliphatic rings. The number of hydrogen-bond donors (Lipinski definition) is 3. The molecule has 3 nitrogen and oxygen atoms in total. The molecule has 0 amide bonds. The molecule has 0 radical (unpaired) electrons. The summed E-state index contributed by atoms with van der Waals surface area (Å²) in [6, 6.07) is 0. The van der Waals surface area contributed by atoms with Crippen LogP contribution in [0.1, 0.15) is 77.6 Å². The number of unbranched alkanes of at least 4 members (excludes halogenated alkanes) is 9. The first-order chi connectivity index (χ1) is 8.68. The van der Waals surface area contributed by atoms with Gasteiger partial charge in [0, 0.05) is 0 Å². The fraction of sp³-hybridized carbons (Fsp3) is 1.00. The standard InChI is InChI=1S/C15H33NO2.ClH/c1-2-3-4-5-6-7-8-9-10-11-12-15(16,13-17)14-18;/h17-18H,2-14,16H2,1H3;1H. The first-order valence-corrected chi connectivity index (χ1v) is 7.69. The van der Waals surface area contributed by atoms with Crippen LogP contribution < -0.4 is 5.73 Å². The molecule has 0 aliphatic carbocycles. The smallest absolute Gasteiger partial charge is 0.0633 e. The van der Waals surface area contributed by atoms with Crippen LogP contribution in [-0.4, -0.2) is 29.0 Å². The van der Waals surface area contributed by atoms with Gasteiger partial charge < -0.3 is 15.9 Å². The van der Waals surface area contributed by atoms with Crippen LogP contribution in [0.4, 0.5) is 0 Å². The summed E-state index contributed by atoms with van der Waals surface area (Å²) in [6.45, 7) is 2.00. The molecule has 0 saturated heterocycles. The lowest BCUT2D eigenvalue weighted by Gasteiger charge is -2.24. The number of aliphatic hydroxyl groups excluding tert-OH is 2. The highest BCUT2D eigenvalue weighted by molar-refractivity contribution is 5.85. The molecule has 4 heteroatoms. The Morgan fingerprint density at radius 1 is 0.737 bits per heavy atom. The number of nitrogens with two attached hydrogens (primary N) is 1. The second-order valence-electron chi connectivity index (χ2n) is 5.61. The van der Waals surface area contributed by atoms with Crippen LogP contribution in [0, 0.1) is 0 Å². The van der Waals surface area contributed by atoms with Gasteiger partial charge in [-0.3, -0.25) is 0 Å². The van der Waals surface area contributed by atoms with Gasteiger partial charge in [0.1, 0.15) is 0 Å². The first-order valence-electron chi connectivity index (χ1n) is 7.69. The molecule has 0 saturated carbocycles. The fourth-order valence-corrected chi connectivity index (χ4v) is 2.17. The van der Waals surface area contributed by atoms with E-state index in [1.54, 1.807) is 0 Å². The van der Waals surface area contributed by atoms with Crippen molar-refractivity contribution in [2.24, 2.45) is 5.73 Å². The molecule has 118 valence electrons. The largest absolute Gasteiger partial charge is 0.394 e. The van der Waals surface area contributed by atoms with Gasteiger partial charge in [-0.2, -0.15) is 0 Å². The molecular weight excluding hydrogens is 262 g/mol. The van der Waals surface area contributed by atoms with Crippen molar-refractivity contribution in [1.82, 2.24) is 0 Å². The Labute approximate surface area is 125 Å². The van der Waals surface area contributed by atoms with Crippen molar-refractivity contribution in [3.05, 3.63) is 0 Å². The zero-order valence-electron chi connectivity index (χ0n) is 12.6. The van der Waals surface area contributed by atoms with E-state index < -0.39 is 5.54 Å². The number of halogens is 1. The number of rotatable bonds is 13. The van der Waals surface area contributed by atoms with Gasteiger partial charge in [-0.15, -0.1) is 12.4 Å². The van der Waals surface area contributed by atoms with Crippen LogP contribution >= 0.6 is 12.4 Å². The van der Waals surface area contributed by atoms with Gasteiger partial charge in [-0.25, -0.2) is 0 Å². The highest BCUT2D eigenvalue weighted by Gasteiger charge is 2.21. The summed E-state index contributed by atoms with van der Waals surface area (Å²) in [5.74, 6) is 0. The Morgan fingerprint density at radius 3 is 1.47 bits per heavy atom. The Balaban J connectivity index is 0. The molecule has 0 fully saturated rings. The summed E-state index contributed by atoms with van der Waals surface area (Å²) in [6.07, 6.45) is 13.6. The van der Waals surface area contributed by atoms with Crippen LogP contribution in [0.2, 0.25) is 0 Å². The molecule has 0 aromatic carbocycles. The lowest BCUT2D eigenvalue weighted by molar-refractivity contribution is 0.112. The zero-order valence-corrected chi connectivity index (χ0v) is 13.4. The van der Waals surface area contributed by atoms with E-state index in [9.17, 15) is 0 Å². The second kappa shape index (κ2) is 14.6. The topological polar surface area (TPSA) is 66.5 Å². The van der Waals surface area contributed by atoms with Crippen molar-refractivity contribution < 1.29 is 10.2 Å². The normalized spacial score (nSPS) is 11.4. The fourth-order valence-electron chi connectivity index (χ4n) is 2.17. The first kappa shape index (κ1) is 21.5. The van der Waals surface area contributed by atoms with Crippen LogP contribution in [0.25, 0.3) is 0 Å². The van der Waals surface area contributed by atoms with Crippen molar-refractivity contribution in [3.8, 4) is 0 Å². The summed E-state index contributed by atoms with van der Waals surface area (Å²) in [4.78, 5) is 0. The van der Waals surface area contributed by atoms with E-state index in [0.717, 1.165) is 19.3 Å². The Bertz CT molecular complexity index is 176. The highest BCUT2D eigenvalue weighted by atomic mass is 35.5. The molecule has 0 aromatic rings. The predicted molar refractivity (Wildman–Crippen MR) is 84.8 cm³/mol. The SMILES string of the molecule is CCCCCCCCCCCCC(N)(CO)CO.Cl. The average molecular weight is 296 g/mol. The lowest BCUT2D eigenvalue weighted by atomic mass is 9.94. The molecule has 0 unspecified atom stereocenters. The van der Waals surface area contributed by atoms with Crippen LogP contribution in [-0.2, 0) is 0 Å². The lowest BCUT2D eigenvalue weighted by Crippen LogP contribution is -2.47. The summed E-state index contributed by atoms with van der Waals surface area (Å²) < 4.78 is 0. The van der Waals surface area contributed by atoms with E-state index in [2.05, 4.69) is 6.92 Å². The van der Waals surface area contributed by atoms with E-state index in [1.807, 2.05) is 0 Å². The van der Waals surface area contributed by atoms with Gasteiger partial charge in [0.2, 0.25) is 0 Å². The number of hydrogen-bond acceptors (Lipinski definition) is 3. The van der Waals surface area contributed by atoms with Gasteiger partial charge in [0.05, 0.1) is 18.8 Å². The van der Waals surface area contributed by atoms with Gasteiger partial charge in [-0.05, 0) is 6.42 Å². The molecule has 4 N–H and O–H groups in total. The third-order valence-corrected chi connectivity index (χ3v) is 3.66. The van der Waals surface area contributed by atoms with Gasteiger partial charge >= 0.3 is 0 Å². The van der Waals surface area contributed by atoms with E-state index >= 15 is 0 Å². The van der Waals surface area contributed by atoms with E-state index in [1.165, 1.54) is 51.4 Å². The third kappa shape index (κ3) is 12.9. The molecule has 0 spiro atoms. The summed E-state index contributed by atoms with van der Waals surface area (Å²) >= 11 is 0. The van der Waals surface area contributed by atoms with Gasteiger partial charge in [-0.1, -0.05) is 71.1 Å². The molecule has 0 heterocycles. The van der Waals surface area contributed by atoms with E-state index in [4.69, 9.17) is 15.9 Å². The maximum absolute atomic E-state index is 9.04. The minimum Gasteiger partial charge on any atom is -0.394 e. The molecule has 0 bridgehead atoms. The predicted octanol–water partition coefficient (Wildman–Crippen LogP) is 3.40. The van der Waals surface area contributed by atoms with Crippen LogP contribution in [0.5, 0.6) is 0 Å². The Morgan fingerprint density at radius 2 is 1.11 bits per heavy atom. The van der Waals surface area contributed by atoms with Crippen molar-refractivity contribution in [3.63, 3.8) is 0 Å². The van der Waals surface area contributed by atoms with Crippen LogP contribution in [0.15, 0.2) is 0 Å². The molecule has 0 aliphatic heterocycles. The average Bonchev–Trinajstić information content (AvgIpc) is 2.40. The molecular formula is C15H34ClNO2. The van der Waals surface area contributed by atoms with Crippen LogP contribution in [0.3, 0.4) is 0 Å². The summed E-state index contributed by atoms with van der Waals surface area (Å²) in [5.41, 5.74) is 5.04. The maximum atomic E-state index is 9.04. The third-order valence-electron chi connectivity index (χ3n) is 3.66. The van der Waals surface area contributed by atoms with Crippen molar-refractivity contribution in [2.45, 2.75) is 83.1 Å². The summed E-state index contributed by atoms with van der Waals surface area (Å²) in [5, 5.41) is 18.1. The van der Waals surface area contributed by atoms with Crippen molar-refractivity contribution in [1.29, 1.82) is 0 Å². The molecule has 19 heavy (non-hydrogen) atoms.